The highest BCUT2D eigenvalue weighted by Crippen LogP contribution is 2.33. The number of hydrogen-bond acceptors (Lipinski definition) is 3. The van der Waals surface area contributed by atoms with Crippen LogP contribution >= 0.6 is 0 Å². The van der Waals surface area contributed by atoms with Crippen LogP contribution in [0.5, 0.6) is 5.75 Å². The highest BCUT2D eigenvalue weighted by Gasteiger charge is 2.20. The molecule has 1 unspecified atom stereocenters. The number of hydrogen-bond donors (Lipinski definition) is 1. The largest absolute Gasteiger partial charge is 0.491 e. The van der Waals surface area contributed by atoms with Gasteiger partial charge in [0.15, 0.2) is 0 Å². The van der Waals surface area contributed by atoms with E-state index >= 15 is 0 Å². The van der Waals surface area contributed by atoms with Gasteiger partial charge in [-0.25, -0.2) is 0 Å². The molecule has 0 amide bonds. The lowest BCUT2D eigenvalue weighted by molar-refractivity contribution is 0.0980. The molecule has 0 heterocycles. The van der Waals surface area contributed by atoms with Gasteiger partial charge in [-0.3, -0.25) is 0 Å². The summed E-state index contributed by atoms with van der Waals surface area (Å²) in [5.74, 6) is 0.967. The fourth-order valence-corrected chi connectivity index (χ4v) is 2.55. The fraction of sp³-hybridized carbons (Fsp3) is 0.625. The molecule has 0 radical (unpaired) electrons. The van der Waals surface area contributed by atoms with Crippen LogP contribution in [0.1, 0.15) is 43.4 Å². The van der Waals surface area contributed by atoms with E-state index in [4.69, 9.17) is 9.47 Å². The third-order valence-electron chi connectivity index (χ3n) is 3.68. The zero-order chi connectivity index (χ0) is 13.5. The van der Waals surface area contributed by atoms with Crippen LogP contribution < -0.4 is 10.1 Å². The van der Waals surface area contributed by atoms with E-state index in [1.807, 2.05) is 7.05 Å². The first-order valence-electron chi connectivity index (χ1n) is 7.35. The summed E-state index contributed by atoms with van der Waals surface area (Å²) in [6, 6.07) is 6.96. The molecule has 1 atom stereocenters. The van der Waals surface area contributed by atoms with Crippen molar-refractivity contribution in [1.29, 1.82) is 0 Å². The van der Waals surface area contributed by atoms with Crippen LogP contribution in [0.2, 0.25) is 0 Å². The zero-order valence-corrected chi connectivity index (χ0v) is 12.1. The molecule has 1 N–H and O–H groups in total. The second-order valence-corrected chi connectivity index (χ2v) is 5.05. The summed E-state index contributed by atoms with van der Waals surface area (Å²) < 4.78 is 11.2. The van der Waals surface area contributed by atoms with E-state index in [2.05, 4.69) is 30.4 Å². The smallest absolute Gasteiger partial charge is 0.119 e. The Balaban J connectivity index is 1.76. The number of fused-ring (bicyclic) bond motifs is 1. The first kappa shape index (κ1) is 14.4. The Bertz CT molecular complexity index is 392. The molecular formula is C16H25NO2. The number of rotatable bonds is 8. The number of nitrogens with one attached hydrogen (secondary N) is 1. The average Bonchev–Trinajstić information content (AvgIpc) is 2.85. The summed E-state index contributed by atoms with van der Waals surface area (Å²) in [7, 11) is 2.03. The molecule has 3 nitrogen and oxygen atoms in total. The molecule has 0 fully saturated rings. The summed E-state index contributed by atoms with van der Waals surface area (Å²) in [4.78, 5) is 0. The molecule has 0 saturated carbocycles. The van der Waals surface area contributed by atoms with Gasteiger partial charge in [-0.05, 0) is 49.6 Å². The van der Waals surface area contributed by atoms with Gasteiger partial charge in [0.1, 0.15) is 12.4 Å². The summed E-state index contributed by atoms with van der Waals surface area (Å²) in [6.45, 7) is 4.32. The molecule has 1 aliphatic rings. The molecule has 106 valence electrons. The Kier molecular flexibility index (Phi) is 5.67. The topological polar surface area (TPSA) is 30.5 Å². The molecule has 1 aromatic carbocycles. The summed E-state index contributed by atoms with van der Waals surface area (Å²) in [6.07, 6.45) is 4.64. The molecule has 3 heteroatoms. The predicted molar refractivity (Wildman–Crippen MR) is 77.8 cm³/mol. The normalized spacial score (nSPS) is 17.5. The van der Waals surface area contributed by atoms with Crippen molar-refractivity contribution in [1.82, 2.24) is 5.32 Å². The first-order valence-corrected chi connectivity index (χ1v) is 7.35. The lowest BCUT2D eigenvalue weighted by atomic mass is 10.1. The third-order valence-corrected chi connectivity index (χ3v) is 3.68. The lowest BCUT2D eigenvalue weighted by Gasteiger charge is -2.11. The molecule has 0 saturated heterocycles. The molecule has 0 bridgehead atoms. The van der Waals surface area contributed by atoms with E-state index in [0.717, 1.165) is 25.2 Å². The first-order chi connectivity index (χ1) is 9.35. The van der Waals surface area contributed by atoms with Gasteiger partial charge in [-0.15, -0.1) is 0 Å². The van der Waals surface area contributed by atoms with Gasteiger partial charge in [0.05, 0.1) is 6.61 Å². The van der Waals surface area contributed by atoms with Crippen molar-refractivity contribution >= 4 is 0 Å². The van der Waals surface area contributed by atoms with Crippen LogP contribution in [0.4, 0.5) is 0 Å². The fourth-order valence-electron chi connectivity index (χ4n) is 2.55. The molecule has 0 spiro atoms. The average molecular weight is 263 g/mol. The van der Waals surface area contributed by atoms with E-state index in [9.17, 15) is 0 Å². The standard InChI is InChI=1S/C16H25NO2/c1-3-4-9-18-10-11-19-14-6-7-15-13(12-14)5-8-16(15)17-2/h6-7,12,16-17H,3-5,8-11H2,1-2H3. The van der Waals surface area contributed by atoms with Crippen molar-refractivity contribution in [2.45, 2.75) is 38.6 Å². The van der Waals surface area contributed by atoms with Crippen LogP contribution in [0, 0.1) is 0 Å². The Hall–Kier alpha value is -1.06. The molecule has 0 aliphatic heterocycles. The maximum atomic E-state index is 5.73. The van der Waals surface area contributed by atoms with Crippen LogP contribution in [-0.4, -0.2) is 26.9 Å². The van der Waals surface area contributed by atoms with Crippen LogP contribution in [-0.2, 0) is 11.2 Å². The zero-order valence-electron chi connectivity index (χ0n) is 12.1. The van der Waals surface area contributed by atoms with Crippen molar-refractivity contribution in [2.24, 2.45) is 0 Å². The number of aryl methyl sites for hydroxylation is 1. The third kappa shape index (κ3) is 3.95. The SMILES string of the molecule is CCCCOCCOc1ccc2c(c1)CCC2NC. The van der Waals surface area contributed by atoms with Gasteiger partial charge in [0.2, 0.25) is 0 Å². The van der Waals surface area contributed by atoms with E-state index in [0.29, 0.717) is 19.3 Å². The van der Waals surface area contributed by atoms with E-state index in [1.54, 1.807) is 0 Å². The Morgan fingerprint density at radius 1 is 1.26 bits per heavy atom. The van der Waals surface area contributed by atoms with Crippen molar-refractivity contribution < 1.29 is 9.47 Å². The second-order valence-electron chi connectivity index (χ2n) is 5.05. The van der Waals surface area contributed by atoms with Crippen molar-refractivity contribution in [3.8, 4) is 5.75 Å². The minimum atomic E-state index is 0.515. The van der Waals surface area contributed by atoms with Crippen molar-refractivity contribution in [3.05, 3.63) is 29.3 Å². The second kappa shape index (κ2) is 7.51. The summed E-state index contributed by atoms with van der Waals surface area (Å²) in [5, 5.41) is 3.35. The van der Waals surface area contributed by atoms with Crippen molar-refractivity contribution in [3.63, 3.8) is 0 Å². The van der Waals surface area contributed by atoms with Gasteiger partial charge in [0.25, 0.3) is 0 Å². The molecule has 1 aromatic rings. The number of unbranched alkanes of at least 4 members (excludes halogenated alkanes) is 1. The Morgan fingerprint density at radius 2 is 2.16 bits per heavy atom. The van der Waals surface area contributed by atoms with Crippen LogP contribution in [0.25, 0.3) is 0 Å². The molecule has 19 heavy (non-hydrogen) atoms. The van der Waals surface area contributed by atoms with E-state index in [-0.39, 0.29) is 0 Å². The molecule has 1 aliphatic carbocycles. The maximum absolute atomic E-state index is 5.73. The molecule has 2 rings (SSSR count). The Labute approximate surface area is 116 Å². The Morgan fingerprint density at radius 3 is 2.95 bits per heavy atom. The van der Waals surface area contributed by atoms with Gasteiger partial charge in [-0.1, -0.05) is 19.4 Å². The van der Waals surface area contributed by atoms with Crippen LogP contribution in [0.15, 0.2) is 18.2 Å². The monoisotopic (exact) mass is 263 g/mol. The number of benzene rings is 1. The highest BCUT2D eigenvalue weighted by atomic mass is 16.5. The highest BCUT2D eigenvalue weighted by molar-refractivity contribution is 5.40. The minimum Gasteiger partial charge on any atom is -0.491 e. The van der Waals surface area contributed by atoms with Gasteiger partial charge in [0, 0.05) is 12.6 Å². The predicted octanol–water partition coefficient (Wildman–Crippen LogP) is 3.09. The summed E-state index contributed by atoms with van der Waals surface area (Å²) in [5.41, 5.74) is 2.85. The molecule has 0 aromatic heterocycles. The van der Waals surface area contributed by atoms with Gasteiger partial charge in [-0.2, -0.15) is 0 Å². The minimum absolute atomic E-state index is 0.515. The van der Waals surface area contributed by atoms with Crippen molar-refractivity contribution in [2.75, 3.05) is 26.9 Å². The van der Waals surface area contributed by atoms with E-state index < -0.39 is 0 Å². The molecular weight excluding hydrogens is 238 g/mol. The lowest BCUT2D eigenvalue weighted by Crippen LogP contribution is -2.12. The van der Waals surface area contributed by atoms with Gasteiger partial charge < -0.3 is 14.8 Å². The van der Waals surface area contributed by atoms with Gasteiger partial charge >= 0.3 is 0 Å². The number of ether oxygens (including phenoxy) is 2. The summed E-state index contributed by atoms with van der Waals surface area (Å²) >= 11 is 0. The quantitative estimate of drug-likeness (QED) is 0.731. The van der Waals surface area contributed by atoms with Crippen LogP contribution in [0.3, 0.4) is 0 Å². The maximum Gasteiger partial charge on any atom is 0.119 e. The van der Waals surface area contributed by atoms with E-state index in [1.165, 1.54) is 24.0 Å².